The van der Waals surface area contributed by atoms with Crippen molar-refractivity contribution in [3.8, 4) is 5.75 Å². The first-order valence-corrected chi connectivity index (χ1v) is 6.41. The van der Waals surface area contributed by atoms with Crippen LogP contribution in [0.15, 0.2) is 0 Å². The van der Waals surface area contributed by atoms with Crippen LogP contribution in [0.3, 0.4) is 0 Å². The highest BCUT2D eigenvalue weighted by molar-refractivity contribution is 5.33. The van der Waals surface area contributed by atoms with E-state index in [-0.39, 0.29) is 0 Å². The molecular weight excluding hydrogens is 200 g/mol. The van der Waals surface area contributed by atoms with Crippen LogP contribution in [-0.4, -0.2) is 14.9 Å². The maximum absolute atomic E-state index is 10.1. The van der Waals surface area contributed by atoms with Gasteiger partial charge in [-0.25, -0.2) is 0 Å². The van der Waals surface area contributed by atoms with Gasteiger partial charge >= 0.3 is 0 Å². The molecule has 0 spiro atoms. The lowest BCUT2D eigenvalue weighted by molar-refractivity contribution is 0.449. The normalized spacial score (nSPS) is 11.3. The van der Waals surface area contributed by atoms with Crippen molar-refractivity contribution in [3.63, 3.8) is 0 Å². The SMILES string of the molecule is CCCCc1c(O)c(CCC)nn1C(C)C. The number of rotatable bonds is 6. The average Bonchev–Trinajstić information content (AvgIpc) is 2.55. The second-order valence-corrected chi connectivity index (χ2v) is 4.63. The van der Waals surface area contributed by atoms with Crippen molar-refractivity contribution in [1.82, 2.24) is 9.78 Å². The van der Waals surface area contributed by atoms with E-state index < -0.39 is 0 Å². The first-order valence-electron chi connectivity index (χ1n) is 6.41. The zero-order valence-electron chi connectivity index (χ0n) is 11.0. The fraction of sp³-hybridized carbons (Fsp3) is 0.769. The predicted octanol–water partition coefficient (Wildman–Crippen LogP) is 3.46. The number of aromatic hydroxyl groups is 1. The van der Waals surface area contributed by atoms with E-state index in [0.717, 1.165) is 43.5 Å². The zero-order valence-corrected chi connectivity index (χ0v) is 11.0. The quantitative estimate of drug-likeness (QED) is 0.803. The van der Waals surface area contributed by atoms with Crippen LogP contribution in [0.25, 0.3) is 0 Å². The van der Waals surface area contributed by atoms with Crippen molar-refractivity contribution < 1.29 is 5.11 Å². The molecule has 92 valence electrons. The molecule has 0 fully saturated rings. The maximum Gasteiger partial charge on any atom is 0.160 e. The summed E-state index contributed by atoms with van der Waals surface area (Å²) in [5.74, 6) is 0.434. The van der Waals surface area contributed by atoms with Crippen LogP contribution in [0.1, 0.15) is 64.4 Å². The van der Waals surface area contributed by atoms with Gasteiger partial charge in [0.15, 0.2) is 5.75 Å². The molecule has 0 aliphatic carbocycles. The highest BCUT2D eigenvalue weighted by Gasteiger charge is 2.17. The third-order valence-corrected chi connectivity index (χ3v) is 2.79. The van der Waals surface area contributed by atoms with E-state index in [0.29, 0.717) is 11.8 Å². The van der Waals surface area contributed by atoms with Gasteiger partial charge < -0.3 is 5.11 Å². The molecule has 0 bridgehead atoms. The Morgan fingerprint density at radius 2 is 1.88 bits per heavy atom. The molecule has 1 aromatic rings. The third kappa shape index (κ3) is 2.77. The van der Waals surface area contributed by atoms with E-state index in [4.69, 9.17) is 0 Å². The molecule has 0 saturated carbocycles. The fourth-order valence-corrected chi connectivity index (χ4v) is 1.92. The smallest absolute Gasteiger partial charge is 0.160 e. The molecule has 1 heterocycles. The van der Waals surface area contributed by atoms with Gasteiger partial charge in [-0.05, 0) is 33.1 Å². The average molecular weight is 224 g/mol. The van der Waals surface area contributed by atoms with Crippen molar-refractivity contribution in [3.05, 3.63) is 11.4 Å². The number of unbranched alkanes of at least 4 members (excludes halogenated alkanes) is 1. The lowest BCUT2D eigenvalue weighted by Crippen LogP contribution is -2.07. The molecule has 0 aliphatic rings. The molecule has 0 amide bonds. The van der Waals surface area contributed by atoms with Gasteiger partial charge in [0.25, 0.3) is 0 Å². The van der Waals surface area contributed by atoms with Crippen molar-refractivity contribution in [1.29, 1.82) is 0 Å². The summed E-state index contributed by atoms with van der Waals surface area (Å²) >= 11 is 0. The second-order valence-electron chi connectivity index (χ2n) is 4.63. The van der Waals surface area contributed by atoms with Gasteiger partial charge in [0.1, 0.15) is 5.69 Å². The minimum Gasteiger partial charge on any atom is -0.504 e. The van der Waals surface area contributed by atoms with E-state index in [2.05, 4.69) is 32.8 Å². The minimum absolute atomic E-state index is 0.323. The Labute approximate surface area is 98.5 Å². The van der Waals surface area contributed by atoms with E-state index >= 15 is 0 Å². The summed E-state index contributed by atoms with van der Waals surface area (Å²) in [6, 6.07) is 0.323. The molecule has 3 nitrogen and oxygen atoms in total. The van der Waals surface area contributed by atoms with Gasteiger partial charge in [0.2, 0.25) is 0 Å². The Kier molecular flexibility index (Phi) is 4.84. The Bertz CT molecular complexity index is 329. The van der Waals surface area contributed by atoms with Crippen LogP contribution in [0.5, 0.6) is 5.75 Å². The van der Waals surface area contributed by atoms with Gasteiger partial charge in [0.05, 0.1) is 5.69 Å². The Morgan fingerprint density at radius 3 is 2.38 bits per heavy atom. The lowest BCUT2D eigenvalue weighted by Gasteiger charge is -2.10. The summed E-state index contributed by atoms with van der Waals surface area (Å²) in [7, 11) is 0. The predicted molar refractivity (Wildman–Crippen MR) is 66.9 cm³/mol. The highest BCUT2D eigenvalue weighted by Crippen LogP contribution is 2.27. The van der Waals surface area contributed by atoms with E-state index in [9.17, 15) is 5.11 Å². The van der Waals surface area contributed by atoms with Gasteiger partial charge in [-0.2, -0.15) is 5.10 Å². The number of aromatic nitrogens is 2. The van der Waals surface area contributed by atoms with Crippen molar-refractivity contribution in [2.24, 2.45) is 0 Å². The van der Waals surface area contributed by atoms with Gasteiger partial charge in [-0.3, -0.25) is 4.68 Å². The summed E-state index contributed by atoms with van der Waals surface area (Å²) in [4.78, 5) is 0. The standard InChI is InChI=1S/C13H24N2O/c1-5-7-9-12-13(16)11(8-6-2)14-15(12)10(3)4/h10,16H,5-9H2,1-4H3. The minimum atomic E-state index is 0.323. The third-order valence-electron chi connectivity index (χ3n) is 2.79. The Balaban J connectivity index is 3.00. The molecule has 3 heteroatoms. The van der Waals surface area contributed by atoms with Crippen LogP contribution < -0.4 is 0 Å². The van der Waals surface area contributed by atoms with Crippen LogP contribution in [0.2, 0.25) is 0 Å². The number of nitrogens with zero attached hydrogens (tertiary/aromatic N) is 2. The number of aryl methyl sites for hydroxylation is 1. The zero-order chi connectivity index (χ0) is 12.1. The van der Waals surface area contributed by atoms with Crippen LogP contribution in [-0.2, 0) is 12.8 Å². The van der Waals surface area contributed by atoms with Gasteiger partial charge in [0, 0.05) is 6.04 Å². The molecule has 1 N–H and O–H groups in total. The highest BCUT2D eigenvalue weighted by atomic mass is 16.3. The molecule has 0 atom stereocenters. The van der Waals surface area contributed by atoms with Crippen LogP contribution >= 0.6 is 0 Å². The van der Waals surface area contributed by atoms with E-state index in [1.807, 2.05) is 4.68 Å². The first-order chi connectivity index (χ1) is 7.61. The Hall–Kier alpha value is -0.990. The van der Waals surface area contributed by atoms with Crippen LogP contribution in [0.4, 0.5) is 0 Å². The summed E-state index contributed by atoms with van der Waals surface area (Å²) in [5, 5.41) is 14.7. The molecule has 0 aliphatic heterocycles. The van der Waals surface area contributed by atoms with Gasteiger partial charge in [-0.15, -0.1) is 0 Å². The number of hydrogen-bond acceptors (Lipinski definition) is 2. The van der Waals surface area contributed by atoms with Gasteiger partial charge in [-0.1, -0.05) is 26.7 Å². The largest absolute Gasteiger partial charge is 0.504 e. The number of hydrogen-bond donors (Lipinski definition) is 1. The summed E-state index contributed by atoms with van der Waals surface area (Å²) in [6.07, 6.45) is 5.07. The summed E-state index contributed by atoms with van der Waals surface area (Å²) < 4.78 is 1.98. The monoisotopic (exact) mass is 224 g/mol. The van der Waals surface area contributed by atoms with Crippen molar-refractivity contribution in [2.75, 3.05) is 0 Å². The molecule has 16 heavy (non-hydrogen) atoms. The van der Waals surface area contributed by atoms with E-state index in [1.54, 1.807) is 0 Å². The second kappa shape index (κ2) is 5.92. The molecular formula is C13H24N2O. The van der Waals surface area contributed by atoms with Crippen molar-refractivity contribution >= 4 is 0 Å². The summed E-state index contributed by atoms with van der Waals surface area (Å²) in [5.41, 5.74) is 1.88. The van der Waals surface area contributed by atoms with Crippen LogP contribution in [0, 0.1) is 0 Å². The Morgan fingerprint density at radius 1 is 1.19 bits per heavy atom. The molecule has 0 aromatic carbocycles. The molecule has 0 radical (unpaired) electrons. The lowest BCUT2D eigenvalue weighted by atomic mass is 10.1. The molecule has 1 rings (SSSR count). The van der Waals surface area contributed by atoms with E-state index in [1.165, 1.54) is 0 Å². The van der Waals surface area contributed by atoms with Crippen molar-refractivity contribution in [2.45, 2.75) is 65.8 Å². The fourth-order valence-electron chi connectivity index (χ4n) is 1.92. The molecule has 0 unspecified atom stereocenters. The maximum atomic E-state index is 10.1. The summed E-state index contributed by atoms with van der Waals surface area (Å²) in [6.45, 7) is 8.49. The topological polar surface area (TPSA) is 38.1 Å². The molecule has 0 saturated heterocycles. The molecule has 1 aromatic heterocycles. The first kappa shape index (κ1) is 13.1.